The highest BCUT2D eigenvalue weighted by Crippen LogP contribution is 2.10. The molecule has 4 heteroatoms. The average Bonchev–Trinajstić information content (AvgIpc) is 2.84. The summed E-state index contributed by atoms with van der Waals surface area (Å²) in [5.74, 6) is 0. The Morgan fingerprint density at radius 1 is 1.12 bits per heavy atom. The van der Waals surface area contributed by atoms with Crippen molar-refractivity contribution in [2.45, 2.75) is 31.3 Å². The maximum atomic E-state index is 5.40. The predicted octanol–water partition coefficient (Wildman–Crippen LogP) is 0.476. The molecule has 1 N–H and O–H groups in total. The molecule has 0 saturated carbocycles. The summed E-state index contributed by atoms with van der Waals surface area (Å²) >= 11 is 0. The standard InChI is InChI=1S/C12H24N2O2/c1-14(12-4-9-16-10-12)6-5-13-11-2-7-15-8-3-11/h11-13H,2-10H2,1H3. The Balaban J connectivity index is 1.56. The highest BCUT2D eigenvalue weighted by atomic mass is 16.5. The third-order valence-corrected chi connectivity index (χ3v) is 3.65. The third kappa shape index (κ3) is 3.70. The Kier molecular flexibility index (Phi) is 5.03. The molecular weight excluding hydrogens is 204 g/mol. The minimum Gasteiger partial charge on any atom is -0.381 e. The molecule has 2 rings (SSSR count). The molecule has 0 aromatic rings. The van der Waals surface area contributed by atoms with Gasteiger partial charge >= 0.3 is 0 Å². The van der Waals surface area contributed by atoms with Crippen molar-refractivity contribution in [3.63, 3.8) is 0 Å². The van der Waals surface area contributed by atoms with Gasteiger partial charge in [-0.25, -0.2) is 0 Å². The van der Waals surface area contributed by atoms with Gasteiger partial charge in [0.05, 0.1) is 6.61 Å². The van der Waals surface area contributed by atoms with Crippen LogP contribution in [0.5, 0.6) is 0 Å². The summed E-state index contributed by atoms with van der Waals surface area (Å²) in [5, 5.41) is 3.61. The second-order valence-corrected chi connectivity index (χ2v) is 4.84. The third-order valence-electron chi connectivity index (χ3n) is 3.65. The lowest BCUT2D eigenvalue weighted by atomic mass is 10.1. The minimum absolute atomic E-state index is 0.636. The van der Waals surface area contributed by atoms with E-state index in [9.17, 15) is 0 Å². The number of likely N-dealkylation sites (N-methyl/N-ethyl adjacent to an activating group) is 1. The maximum Gasteiger partial charge on any atom is 0.0622 e. The van der Waals surface area contributed by atoms with Crippen LogP contribution < -0.4 is 5.32 Å². The quantitative estimate of drug-likeness (QED) is 0.742. The molecule has 94 valence electrons. The number of ether oxygens (including phenoxy) is 2. The van der Waals surface area contributed by atoms with Gasteiger partial charge in [0, 0.05) is 45.0 Å². The molecule has 0 radical (unpaired) electrons. The molecule has 16 heavy (non-hydrogen) atoms. The zero-order valence-corrected chi connectivity index (χ0v) is 10.3. The van der Waals surface area contributed by atoms with Crippen LogP contribution in [-0.4, -0.2) is 63.5 Å². The van der Waals surface area contributed by atoms with Crippen molar-refractivity contribution in [2.24, 2.45) is 0 Å². The smallest absolute Gasteiger partial charge is 0.0622 e. The van der Waals surface area contributed by atoms with Crippen molar-refractivity contribution in [3.05, 3.63) is 0 Å². The van der Waals surface area contributed by atoms with Gasteiger partial charge in [0.2, 0.25) is 0 Å². The topological polar surface area (TPSA) is 33.7 Å². The number of hydrogen-bond donors (Lipinski definition) is 1. The van der Waals surface area contributed by atoms with Crippen molar-refractivity contribution in [1.82, 2.24) is 10.2 Å². The molecule has 0 bridgehead atoms. The second-order valence-electron chi connectivity index (χ2n) is 4.84. The highest BCUT2D eigenvalue weighted by Gasteiger charge is 2.20. The lowest BCUT2D eigenvalue weighted by Crippen LogP contribution is -2.41. The van der Waals surface area contributed by atoms with E-state index >= 15 is 0 Å². The van der Waals surface area contributed by atoms with Crippen molar-refractivity contribution >= 4 is 0 Å². The largest absolute Gasteiger partial charge is 0.381 e. The van der Waals surface area contributed by atoms with Gasteiger partial charge in [0.25, 0.3) is 0 Å². The molecule has 1 atom stereocenters. The van der Waals surface area contributed by atoms with E-state index in [-0.39, 0.29) is 0 Å². The molecule has 0 spiro atoms. The van der Waals surface area contributed by atoms with Crippen LogP contribution in [0.1, 0.15) is 19.3 Å². The number of hydrogen-bond acceptors (Lipinski definition) is 4. The van der Waals surface area contributed by atoms with Crippen molar-refractivity contribution < 1.29 is 9.47 Å². The summed E-state index contributed by atoms with van der Waals surface area (Å²) in [6.07, 6.45) is 3.51. The number of nitrogens with one attached hydrogen (secondary N) is 1. The summed E-state index contributed by atoms with van der Waals surface area (Å²) in [6, 6.07) is 1.30. The van der Waals surface area contributed by atoms with E-state index in [0.717, 1.165) is 52.4 Å². The monoisotopic (exact) mass is 228 g/mol. The van der Waals surface area contributed by atoms with Gasteiger partial charge in [-0.15, -0.1) is 0 Å². The van der Waals surface area contributed by atoms with E-state index in [1.807, 2.05) is 0 Å². The molecule has 2 fully saturated rings. The first-order valence-electron chi connectivity index (χ1n) is 6.45. The van der Waals surface area contributed by atoms with Gasteiger partial charge in [-0.1, -0.05) is 0 Å². The van der Waals surface area contributed by atoms with Gasteiger partial charge in [0.1, 0.15) is 0 Å². The molecule has 0 aromatic carbocycles. The fraction of sp³-hybridized carbons (Fsp3) is 1.00. The summed E-state index contributed by atoms with van der Waals surface area (Å²) in [5.41, 5.74) is 0. The Bertz CT molecular complexity index is 189. The van der Waals surface area contributed by atoms with Crippen LogP contribution in [0.25, 0.3) is 0 Å². The molecular formula is C12H24N2O2. The van der Waals surface area contributed by atoms with Crippen LogP contribution in [0, 0.1) is 0 Å². The zero-order chi connectivity index (χ0) is 11.2. The Morgan fingerprint density at radius 3 is 2.56 bits per heavy atom. The average molecular weight is 228 g/mol. The molecule has 0 aromatic heterocycles. The highest BCUT2D eigenvalue weighted by molar-refractivity contribution is 4.75. The molecule has 4 nitrogen and oxygen atoms in total. The molecule has 1 unspecified atom stereocenters. The summed E-state index contributed by atoms with van der Waals surface area (Å²) in [7, 11) is 2.20. The fourth-order valence-electron chi connectivity index (χ4n) is 2.40. The Labute approximate surface area is 98.3 Å². The SMILES string of the molecule is CN(CCNC1CCOCC1)C1CCOC1. The van der Waals surface area contributed by atoms with Crippen LogP contribution in [0.2, 0.25) is 0 Å². The lowest BCUT2D eigenvalue weighted by Gasteiger charge is -2.26. The van der Waals surface area contributed by atoms with E-state index in [1.54, 1.807) is 0 Å². The van der Waals surface area contributed by atoms with Crippen molar-refractivity contribution in [2.75, 3.05) is 46.6 Å². The van der Waals surface area contributed by atoms with Gasteiger partial charge in [-0.05, 0) is 26.3 Å². The maximum absolute atomic E-state index is 5.40. The molecule has 2 heterocycles. The van der Waals surface area contributed by atoms with E-state index in [1.165, 1.54) is 6.42 Å². The molecule has 2 aliphatic heterocycles. The van der Waals surface area contributed by atoms with E-state index in [0.29, 0.717) is 12.1 Å². The normalized spacial score (nSPS) is 27.8. The van der Waals surface area contributed by atoms with Crippen molar-refractivity contribution in [1.29, 1.82) is 0 Å². The van der Waals surface area contributed by atoms with Crippen LogP contribution in [0.4, 0.5) is 0 Å². The first-order valence-corrected chi connectivity index (χ1v) is 6.45. The van der Waals surface area contributed by atoms with E-state index in [4.69, 9.17) is 9.47 Å². The summed E-state index contributed by atoms with van der Waals surface area (Å²) in [6.45, 7) is 5.88. The Hall–Kier alpha value is -0.160. The number of nitrogens with zero attached hydrogens (tertiary/aromatic N) is 1. The first-order chi connectivity index (χ1) is 7.86. The van der Waals surface area contributed by atoms with Gasteiger partial charge < -0.3 is 14.8 Å². The molecule has 2 saturated heterocycles. The van der Waals surface area contributed by atoms with E-state index in [2.05, 4.69) is 17.3 Å². The molecule has 0 aliphatic carbocycles. The predicted molar refractivity (Wildman–Crippen MR) is 63.7 cm³/mol. The molecule has 2 aliphatic rings. The molecule has 0 amide bonds. The van der Waals surface area contributed by atoms with Gasteiger partial charge in [-0.2, -0.15) is 0 Å². The second kappa shape index (κ2) is 6.55. The fourth-order valence-corrected chi connectivity index (χ4v) is 2.40. The number of rotatable bonds is 5. The van der Waals surface area contributed by atoms with Gasteiger partial charge in [-0.3, -0.25) is 4.90 Å². The van der Waals surface area contributed by atoms with Crippen LogP contribution >= 0.6 is 0 Å². The van der Waals surface area contributed by atoms with Crippen LogP contribution in [0.3, 0.4) is 0 Å². The van der Waals surface area contributed by atoms with Crippen LogP contribution in [0.15, 0.2) is 0 Å². The van der Waals surface area contributed by atoms with Gasteiger partial charge in [0.15, 0.2) is 0 Å². The zero-order valence-electron chi connectivity index (χ0n) is 10.3. The Morgan fingerprint density at radius 2 is 1.88 bits per heavy atom. The minimum atomic E-state index is 0.636. The summed E-state index contributed by atoms with van der Waals surface area (Å²) < 4.78 is 10.7. The van der Waals surface area contributed by atoms with Crippen LogP contribution in [-0.2, 0) is 9.47 Å². The summed E-state index contributed by atoms with van der Waals surface area (Å²) in [4.78, 5) is 2.42. The van der Waals surface area contributed by atoms with Crippen molar-refractivity contribution in [3.8, 4) is 0 Å². The lowest BCUT2D eigenvalue weighted by molar-refractivity contribution is 0.0768. The first kappa shape index (κ1) is 12.3. The van der Waals surface area contributed by atoms with E-state index < -0.39 is 0 Å².